The molecule has 0 N–H and O–H groups in total. The van der Waals surface area contributed by atoms with Gasteiger partial charge in [-0.25, -0.2) is 0 Å². The highest BCUT2D eigenvalue weighted by Crippen LogP contribution is 2.25. The second kappa shape index (κ2) is 8.28. The largest absolute Gasteiger partial charge is 0.307 e. The monoisotopic (exact) mass is 347 g/mol. The number of carbonyl (C=O) groups excluding carboxylic acids is 1. The van der Waals surface area contributed by atoms with Crippen molar-refractivity contribution in [1.82, 2.24) is 20.0 Å². The predicted molar refractivity (Wildman–Crippen MR) is 98.7 cm³/mol. The summed E-state index contributed by atoms with van der Waals surface area (Å²) in [5, 5.41) is 12.6. The van der Waals surface area contributed by atoms with E-state index >= 15 is 0 Å². The van der Waals surface area contributed by atoms with Crippen molar-refractivity contribution < 1.29 is 4.79 Å². The first-order chi connectivity index (χ1) is 11.5. The van der Waals surface area contributed by atoms with Crippen LogP contribution in [0.15, 0.2) is 24.7 Å². The maximum atomic E-state index is 13.1. The van der Waals surface area contributed by atoms with Crippen LogP contribution in [0, 0.1) is 6.92 Å². The van der Waals surface area contributed by atoms with Gasteiger partial charge < -0.3 is 4.90 Å². The lowest BCUT2D eigenvalue weighted by Gasteiger charge is -2.22. The SMILES string of the molecule is CCCN(C(=O)c1cnn(C(C)C(C)SC)c1C)c1ccnnc1. The van der Waals surface area contributed by atoms with Gasteiger partial charge >= 0.3 is 0 Å². The van der Waals surface area contributed by atoms with E-state index in [1.807, 2.05) is 18.5 Å². The molecule has 2 aromatic rings. The molecule has 0 spiro atoms. The zero-order chi connectivity index (χ0) is 17.7. The van der Waals surface area contributed by atoms with Gasteiger partial charge in [0, 0.05) is 17.5 Å². The van der Waals surface area contributed by atoms with Gasteiger partial charge in [-0.15, -0.1) is 0 Å². The number of rotatable bonds is 7. The van der Waals surface area contributed by atoms with Crippen LogP contribution in [0.1, 0.15) is 49.3 Å². The van der Waals surface area contributed by atoms with Gasteiger partial charge in [-0.05, 0) is 32.6 Å². The van der Waals surface area contributed by atoms with E-state index in [-0.39, 0.29) is 11.9 Å². The summed E-state index contributed by atoms with van der Waals surface area (Å²) in [4.78, 5) is 14.8. The molecule has 0 saturated carbocycles. The molecule has 0 aliphatic heterocycles. The molecule has 0 aliphatic carbocycles. The number of thioether (sulfide) groups is 1. The summed E-state index contributed by atoms with van der Waals surface area (Å²) >= 11 is 1.79. The van der Waals surface area contributed by atoms with Gasteiger partial charge in [0.05, 0.1) is 35.9 Å². The standard InChI is InChI=1S/C17H25N5OS/c1-6-9-21(15-7-8-18-19-10-15)17(23)16-11-20-22(13(16)3)12(2)14(4)24-5/h7-8,10-12,14H,6,9H2,1-5H3. The number of hydrogen-bond donors (Lipinski definition) is 0. The third-order valence-electron chi connectivity index (χ3n) is 4.28. The van der Waals surface area contributed by atoms with Crippen LogP contribution in [0.4, 0.5) is 5.69 Å². The quantitative estimate of drug-likeness (QED) is 0.768. The fourth-order valence-electron chi connectivity index (χ4n) is 2.60. The molecule has 2 heterocycles. The zero-order valence-corrected chi connectivity index (χ0v) is 15.7. The molecule has 0 fully saturated rings. The van der Waals surface area contributed by atoms with Crippen LogP contribution in [0.2, 0.25) is 0 Å². The Morgan fingerprint density at radius 1 is 1.33 bits per heavy atom. The fourth-order valence-corrected chi connectivity index (χ4v) is 3.11. The molecule has 0 saturated heterocycles. The Kier molecular flexibility index (Phi) is 6.36. The van der Waals surface area contributed by atoms with Crippen molar-refractivity contribution in [3.63, 3.8) is 0 Å². The topological polar surface area (TPSA) is 63.9 Å². The summed E-state index contributed by atoms with van der Waals surface area (Å²) in [5.74, 6) is -0.0439. The van der Waals surface area contributed by atoms with Crippen molar-refractivity contribution in [2.45, 2.75) is 45.4 Å². The normalized spacial score (nSPS) is 13.5. The summed E-state index contributed by atoms with van der Waals surface area (Å²) in [6, 6.07) is 2.03. The molecule has 2 rings (SSSR count). The number of aromatic nitrogens is 4. The van der Waals surface area contributed by atoms with Gasteiger partial charge in [0.2, 0.25) is 0 Å². The van der Waals surface area contributed by atoms with E-state index in [1.54, 1.807) is 41.3 Å². The summed E-state index contributed by atoms with van der Waals surface area (Å²) < 4.78 is 1.95. The highest BCUT2D eigenvalue weighted by Gasteiger charge is 2.24. The number of carbonyl (C=O) groups is 1. The minimum Gasteiger partial charge on any atom is -0.307 e. The lowest BCUT2D eigenvalue weighted by Crippen LogP contribution is -2.32. The van der Waals surface area contributed by atoms with E-state index in [4.69, 9.17) is 0 Å². The molecule has 130 valence electrons. The first-order valence-electron chi connectivity index (χ1n) is 8.16. The van der Waals surface area contributed by atoms with Crippen molar-refractivity contribution >= 4 is 23.4 Å². The van der Waals surface area contributed by atoms with Crippen LogP contribution in [-0.4, -0.2) is 43.9 Å². The van der Waals surface area contributed by atoms with Gasteiger partial charge in [-0.3, -0.25) is 9.48 Å². The van der Waals surface area contributed by atoms with E-state index in [0.29, 0.717) is 17.4 Å². The Balaban J connectivity index is 2.33. The lowest BCUT2D eigenvalue weighted by atomic mass is 10.2. The van der Waals surface area contributed by atoms with Crippen molar-refractivity contribution in [1.29, 1.82) is 0 Å². The van der Waals surface area contributed by atoms with E-state index in [9.17, 15) is 4.79 Å². The Morgan fingerprint density at radius 3 is 2.67 bits per heavy atom. The second-order valence-corrected chi connectivity index (χ2v) is 7.04. The van der Waals surface area contributed by atoms with Crippen LogP contribution in [-0.2, 0) is 0 Å². The predicted octanol–water partition coefficient (Wildman–Crippen LogP) is 3.35. The molecule has 6 nitrogen and oxygen atoms in total. The smallest absolute Gasteiger partial charge is 0.261 e. The molecule has 2 atom stereocenters. The second-order valence-electron chi connectivity index (χ2n) is 5.83. The molecular formula is C17H25N5OS. The van der Waals surface area contributed by atoms with E-state index in [1.165, 1.54) is 0 Å². The van der Waals surface area contributed by atoms with E-state index in [0.717, 1.165) is 17.8 Å². The fraction of sp³-hybridized carbons (Fsp3) is 0.529. The van der Waals surface area contributed by atoms with Gasteiger partial charge in [0.1, 0.15) is 0 Å². The summed E-state index contributed by atoms with van der Waals surface area (Å²) in [6.07, 6.45) is 7.85. The van der Waals surface area contributed by atoms with E-state index in [2.05, 4.69) is 35.4 Å². The molecule has 7 heteroatoms. The number of nitrogens with zero attached hydrogens (tertiary/aromatic N) is 5. The maximum Gasteiger partial charge on any atom is 0.261 e. The Morgan fingerprint density at radius 2 is 2.08 bits per heavy atom. The third kappa shape index (κ3) is 3.77. The molecule has 0 radical (unpaired) electrons. The third-order valence-corrected chi connectivity index (χ3v) is 5.42. The minimum absolute atomic E-state index is 0.0439. The Hall–Kier alpha value is -1.89. The summed E-state index contributed by atoms with van der Waals surface area (Å²) in [7, 11) is 0. The van der Waals surface area contributed by atoms with Crippen LogP contribution >= 0.6 is 11.8 Å². The average Bonchev–Trinajstić information content (AvgIpc) is 2.99. The van der Waals surface area contributed by atoms with Gasteiger partial charge in [-0.2, -0.15) is 27.1 Å². The Labute approximate surface area is 147 Å². The Bertz CT molecular complexity index is 673. The lowest BCUT2D eigenvalue weighted by molar-refractivity contribution is 0.0986. The zero-order valence-electron chi connectivity index (χ0n) is 14.9. The number of hydrogen-bond acceptors (Lipinski definition) is 5. The molecule has 2 unspecified atom stereocenters. The van der Waals surface area contributed by atoms with Crippen molar-refractivity contribution in [3.05, 3.63) is 35.9 Å². The molecule has 1 amide bonds. The minimum atomic E-state index is -0.0439. The first kappa shape index (κ1) is 18.4. The molecular weight excluding hydrogens is 322 g/mol. The maximum absolute atomic E-state index is 13.1. The number of amides is 1. The van der Waals surface area contributed by atoms with Crippen LogP contribution in [0.5, 0.6) is 0 Å². The highest BCUT2D eigenvalue weighted by atomic mass is 32.2. The van der Waals surface area contributed by atoms with Crippen molar-refractivity contribution in [2.24, 2.45) is 0 Å². The van der Waals surface area contributed by atoms with Gasteiger partial charge in [0.25, 0.3) is 5.91 Å². The summed E-state index contributed by atoms with van der Waals surface area (Å²) in [6.45, 7) is 8.94. The molecule has 2 aromatic heterocycles. The van der Waals surface area contributed by atoms with Crippen LogP contribution < -0.4 is 4.90 Å². The van der Waals surface area contributed by atoms with Crippen molar-refractivity contribution in [3.8, 4) is 0 Å². The van der Waals surface area contributed by atoms with Gasteiger partial charge in [0.15, 0.2) is 0 Å². The average molecular weight is 347 g/mol. The van der Waals surface area contributed by atoms with E-state index < -0.39 is 0 Å². The molecule has 24 heavy (non-hydrogen) atoms. The van der Waals surface area contributed by atoms with Crippen LogP contribution in [0.25, 0.3) is 0 Å². The van der Waals surface area contributed by atoms with Crippen molar-refractivity contribution in [2.75, 3.05) is 17.7 Å². The number of anilines is 1. The molecule has 0 bridgehead atoms. The highest BCUT2D eigenvalue weighted by molar-refractivity contribution is 7.99. The van der Waals surface area contributed by atoms with Crippen LogP contribution in [0.3, 0.4) is 0 Å². The molecule has 0 aliphatic rings. The first-order valence-corrected chi connectivity index (χ1v) is 9.45. The summed E-state index contributed by atoms with van der Waals surface area (Å²) in [5.41, 5.74) is 2.30. The molecule has 0 aromatic carbocycles. The van der Waals surface area contributed by atoms with Gasteiger partial charge in [-0.1, -0.05) is 13.8 Å².